The van der Waals surface area contributed by atoms with Crippen LogP contribution in [0.2, 0.25) is 0 Å². The molecular formula is C26H40N8O2. The molecule has 0 spiro atoms. The zero-order valence-electron chi connectivity index (χ0n) is 21.6. The third-order valence-corrected chi connectivity index (χ3v) is 7.52. The van der Waals surface area contributed by atoms with Gasteiger partial charge >= 0.3 is 0 Å². The lowest BCUT2D eigenvalue weighted by Gasteiger charge is -2.31. The van der Waals surface area contributed by atoms with Crippen molar-refractivity contribution in [1.82, 2.24) is 20.6 Å². The van der Waals surface area contributed by atoms with E-state index in [9.17, 15) is 5.26 Å². The first kappa shape index (κ1) is 26.5. The monoisotopic (exact) mass is 496 g/mol. The molecule has 10 heteroatoms. The highest BCUT2D eigenvalue weighted by Crippen LogP contribution is 2.31. The molecule has 2 atom stereocenters. The predicted molar refractivity (Wildman–Crippen MR) is 140 cm³/mol. The third-order valence-electron chi connectivity index (χ3n) is 7.52. The molecule has 196 valence electrons. The van der Waals surface area contributed by atoms with Gasteiger partial charge in [0, 0.05) is 51.4 Å². The van der Waals surface area contributed by atoms with Crippen LogP contribution < -0.4 is 16.0 Å². The van der Waals surface area contributed by atoms with E-state index in [0.717, 1.165) is 43.3 Å². The molecule has 1 aromatic heterocycles. The molecule has 4 rings (SSSR count). The minimum Gasteiger partial charge on any atom is -0.383 e. The largest absolute Gasteiger partial charge is 0.383 e. The summed E-state index contributed by atoms with van der Waals surface area (Å²) in [6.07, 6.45) is 10.2. The van der Waals surface area contributed by atoms with Crippen molar-refractivity contribution in [3.63, 3.8) is 0 Å². The number of ether oxygens (including phenoxy) is 2. The van der Waals surface area contributed by atoms with Crippen molar-refractivity contribution in [2.24, 2.45) is 21.3 Å². The fourth-order valence-electron chi connectivity index (χ4n) is 5.24. The molecule has 36 heavy (non-hydrogen) atoms. The summed E-state index contributed by atoms with van der Waals surface area (Å²) < 4.78 is 10.7. The van der Waals surface area contributed by atoms with E-state index in [0.29, 0.717) is 44.2 Å². The van der Waals surface area contributed by atoms with Gasteiger partial charge in [0.2, 0.25) is 0 Å². The minimum absolute atomic E-state index is 0.114. The number of methoxy groups -OCH3 is 1. The maximum absolute atomic E-state index is 9.69. The number of hydrogen-bond donors (Lipinski definition) is 3. The lowest BCUT2D eigenvalue weighted by molar-refractivity contribution is 0.0441. The van der Waals surface area contributed by atoms with Crippen LogP contribution in [0.15, 0.2) is 22.4 Å². The van der Waals surface area contributed by atoms with Gasteiger partial charge in [-0.2, -0.15) is 5.26 Å². The van der Waals surface area contributed by atoms with Crippen LogP contribution >= 0.6 is 0 Å². The van der Waals surface area contributed by atoms with Gasteiger partial charge in [0.05, 0.1) is 36.7 Å². The summed E-state index contributed by atoms with van der Waals surface area (Å²) in [5, 5.41) is 20.0. The van der Waals surface area contributed by atoms with Crippen LogP contribution in [0.25, 0.3) is 0 Å². The Morgan fingerprint density at radius 1 is 1.28 bits per heavy atom. The lowest BCUT2D eigenvalue weighted by atomic mass is 9.82. The normalized spacial score (nSPS) is 27.7. The first-order valence-electron chi connectivity index (χ1n) is 13.2. The van der Waals surface area contributed by atoms with Gasteiger partial charge in [-0.05, 0) is 51.4 Å². The first-order chi connectivity index (χ1) is 17.6. The Morgan fingerprint density at radius 2 is 2.08 bits per heavy atom. The highest BCUT2D eigenvalue weighted by molar-refractivity contribution is 5.94. The standard InChI is InChI=1S/C26H40N8O2/c1-19(14-35-2)34-21-5-3-20(4-6-21)13-28-24-11-22(30-17-32-24)23-12-25(33-18-31-23)29-16-26(15-27)7-9-36-10-8-26/h11,17-21,23,34H,3-10,12-14,16H2,1-2H3,(H,28,30,32)(H,29,31,33)/t19-,20?,21?,23?/m0/s1. The van der Waals surface area contributed by atoms with E-state index >= 15 is 0 Å². The molecule has 3 aliphatic rings. The fraction of sp³-hybridized carbons (Fsp3) is 0.731. The molecule has 1 saturated heterocycles. The molecule has 3 N–H and O–H groups in total. The highest BCUT2D eigenvalue weighted by atomic mass is 16.5. The van der Waals surface area contributed by atoms with E-state index in [1.165, 1.54) is 25.7 Å². The Hall–Kier alpha value is -2.61. The van der Waals surface area contributed by atoms with E-state index in [4.69, 9.17) is 14.5 Å². The molecule has 0 aromatic carbocycles. The van der Waals surface area contributed by atoms with Crippen LogP contribution in [0.1, 0.15) is 63.6 Å². The van der Waals surface area contributed by atoms with E-state index < -0.39 is 5.41 Å². The minimum atomic E-state index is -0.430. The number of hydrogen-bond acceptors (Lipinski definition) is 9. The quantitative estimate of drug-likeness (QED) is 0.451. The van der Waals surface area contributed by atoms with Crippen LogP contribution in [-0.2, 0) is 9.47 Å². The maximum Gasteiger partial charge on any atom is 0.129 e. The molecule has 1 aliphatic carbocycles. The van der Waals surface area contributed by atoms with Gasteiger partial charge < -0.3 is 25.4 Å². The molecule has 0 bridgehead atoms. The van der Waals surface area contributed by atoms with Gasteiger partial charge in [0.15, 0.2) is 0 Å². The first-order valence-corrected chi connectivity index (χ1v) is 13.2. The maximum atomic E-state index is 9.69. The van der Waals surface area contributed by atoms with E-state index in [1.807, 2.05) is 6.07 Å². The highest BCUT2D eigenvalue weighted by Gasteiger charge is 2.33. The number of amidine groups is 1. The molecule has 2 aliphatic heterocycles. The van der Waals surface area contributed by atoms with E-state index in [-0.39, 0.29) is 6.04 Å². The lowest BCUT2D eigenvalue weighted by Crippen LogP contribution is -2.41. The van der Waals surface area contributed by atoms with Crippen LogP contribution in [0.3, 0.4) is 0 Å². The van der Waals surface area contributed by atoms with Crippen molar-refractivity contribution in [3.05, 3.63) is 18.1 Å². The summed E-state index contributed by atoms with van der Waals surface area (Å²) in [4.78, 5) is 18.3. The molecule has 2 fully saturated rings. The van der Waals surface area contributed by atoms with Gasteiger partial charge in [0.25, 0.3) is 0 Å². The summed E-state index contributed by atoms with van der Waals surface area (Å²) in [6.45, 7) is 5.58. The molecule has 1 unspecified atom stereocenters. The number of aromatic nitrogens is 2. The molecule has 0 amide bonds. The number of nitrogens with zero attached hydrogens (tertiary/aromatic N) is 5. The average molecular weight is 497 g/mol. The van der Waals surface area contributed by atoms with Crippen molar-refractivity contribution < 1.29 is 9.47 Å². The molecular weight excluding hydrogens is 456 g/mol. The molecule has 1 saturated carbocycles. The van der Waals surface area contributed by atoms with Crippen LogP contribution in [-0.4, -0.2) is 74.2 Å². The fourth-order valence-corrected chi connectivity index (χ4v) is 5.24. The van der Waals surface area contributed by atoms with Gasteiger partial charge in [-0.15, -0.1) is 0 Å². The summed E-state index contributed by atoms with van der Waals surface area (Å²) in [6, 6.07) is 5.34. The zero-order chi connectivity index (χ0) is 25.2. The molecule has 10 nitrogen and oxygen atoms in total. The number of rotatable bonds is 10. The number of aliphatic imine (C=N–C) groups is 2. The molecule has 0 radical (unpaired) electrons. The van der Waals surface area contributed by atoms with Gasteiger partial charge in [-0.25, -0.2) is 9.97 Å². The van der Waals surface area contributed by atoms with Crippen LogP contribution in [0, 0.1) is 22.7 Å². The predicted octanol–water partition coefficient (Wildman–Crippen LogP) is 2.85. The Labute approximate surface area is 214 Å². The third kappa shape index (κ3) is 7.45. The van der Waals surface area contributed by atoms with Gasteiger partial charge in [-0.3, -0.25) is 9.98 Å². The summed E-state index contributed by atoms with van der Waals surface area (Å²) >= 11 is 0. The van der Waals surface area contributed by atoms with E-state index in [1.54, 1.807) is 19.8 Å². The number of nitriles is 1. The van der Waals surface area contributed by atoms with Crippen molar-refractivity contribution >= 4 is 18.0 Å². The van der Waals surface area contributed by atoms with Crippen molar-refractivity contribution in [3.8, 4) is 6.07 Å². The Kier molecular flexibility index (Phi) is 9.61. The number of anilines is 1. The van der Waals surface area contributed by atoms with Crippen LogP contribution in [0.4, 0.5) is 5.82 Å². The average Bonchev–Trinajstić information content (AvgIpc) is 2.92. The Bertz CT molecular complexity index is 932. The summed E-state index contributed by atoms with van der Waals surface area (Å²) in [7, 11) is 1.75. The van der Waals surface area contributed by atoms with Crippen molar-refractivity contribution in [1.29, 1.82) is 5.26 Å². The van der Waals surface area contributed by atoms with Gasteiger partial charge in [-0.1, -0.05) is 0 Å². The second-order valence-corrected chi connectivity index (χ2v) is 10.4. The Morgan fingerprint density at radius 3 is 2.83 bits per heavy atom. The summed E-state index contributed by atoms with van der Waals surface area (Å²) in [5.41, 5.74) is 0.444. The second-order valence-electron chi connectivity index (χ2n) is 10.4. The van der Waals surface area contributed by atoms with Crippen molar-refractivity contribution in [2.75, 3.05) is 45.3 Å². The number of nitrogens with one attached hydrogen (secondary N) is 3. The zero-order valence-corrected chi connectivity index (χ0v) is 21.6. The van der Waals surface area contributed by atoms with Crippen molar-refractivity contribution in [2.45, 2.75) is 70.0 Å². The summed E-state index contributed by atoms with van der Waals surface area (Å²) in [5.74, 6) is 2.33. The topological polar surface area (TPSA) is 129 Å². The smallest absolute Gasteiger partial charge is 0.129 e. The Balaban J connectivity index is 1.26. The van der Waals surface area contributed by atoms with Gasteiger partial charge in [0.1, 0.15) is 24.0 Å². The van der Waals surface area contributed by atoms with E-state index in [2.05, 4.69) is 43.9 Å². The van der Waals surface area contributed by atoms with Crippen LogP contribution in [0.5, 0.6) is 0 Å². The second kappa shape index (κ2) is 13.1. The molecule has 1 aromatic rings. The SMILES string of the molecule is COC[C@H](C)NC1CCC(CNc2cc(C3CC(=NCC4(C#N)CCOCC4)NC=N3)ncn2)CC1. The molecule has 3 heterocycles.